The molecule has 0 spiro atoms. The van der Waals surface area contributed by atoms with Gasteiger partial charge in [0.1, 0.15) is 11.4 Å². The van der Waals surface area contributed by atoms with Crippen LogP contribution in [-0.2, 0) is 22.1 Å². The number of benzene rings is 2. The normalized spacial score (nSPS) is 23.7. The number of nitrogens with one attached hydrogen (secondary N) is 2. The highest BCUT2D eigenvalue weighted by atomic mass is 32.2. The third-order valence-electron chi connectivity index (χ3n) is 7.32. The van der Waals surface area contributed by atoms with Crippen molar-refractivity contribution in [3.63, 3.8) is 0 Å². The Labute approximate surface area is 205 Å². The zero-order valence-electron chi connectivity index (χ0n) is 19.9. The first-order valence-electron chi connectivity index (χ1n) is 11.4. The van der Waals surface area contributed by atoms with Crippen molar-refractivity contribution in [1.29, 1.82) is 0 Å². The molecule has 0 bridgehead atoms. The molecular formula is C26H27N3O5S. The Morgan fingerprint density at radius 3 is 2.69 bits per heavy atom. The summed E-state index contributed by atoms with van der Waals surface area (Å²) in [4.78, 5) is 30.9. The van der Waals surface area contributed by atoms with Gasteiger partial charge in [-0.05, 0) is 42.5 Å². The summed E-state index contributed by atoms with van der Waals surface area (Å²) in [7, 11) is -1.31. The highest BCUT2D eigenvalue weighted by Gasteiger charge is 2.72. The summed E-state index contributed by atoms with van der Waals surface area (Å²) < 4.78 is 18.1. The summed E-state index contributed by atoms with van der Waals surface area (Å²) in [5, 5.41) is 14.8. The van der Waals surface area contributed by atoms with E-state index < -0.39 is 33.8 Å². The molecule has 4 unspecified atom stereocenters. The predicted molar refractivity (Wildman–Crippen MR) is 132 cm³/mol. The molecule has 35 heavy (non-hydrogen) atoms. The molecule has 5 rings (SSSR count). The van der Waals surface area contributed by atoms with Crippen molar-refractivity contribution >= 4 is 28.2 Å². The number of hydrogen-bond donors (Lipinski definition) is 4. The topological polar surface area (TPSA) is 135 Å². The maximum absolute atomic E-state index is 14.0. The fourth-order valence-electron chi connectivity index (χ4n) is 5.17. The first-order valence-corrected chi connectivity index (χ1v) is 13.0. The van der Waals surface area contributed by atoms with Crippen LogP contribution in [0.5, 0.6) is 5.75 Å². The highest BCUT2D eigenvalue weighted by Crippen LogP contribution is 2.59. The second kappa shape index (κ2) is 7.79. The lowest BCUT2D eigenvalue weighted by molar-refractivity contribution is -0.169. The summed E-state index contributed by atoms with van der Waals surface area (Å²) in [5.41, 5.74) is 6.68. The number of carbonyl (C=O) groups is 2. The highest BCUT2D eigenvalue weighted by molar-refractivity contribution is 7.84. The van der Waals surface area contributed by atoms with Crippen molar-refractivity contribution in [2.24, 2.45) is 0 Å². The van der Waals surface area contributed by atoms with E-state index in [4.69, 9.17) is 10.5 Å². The van der Waals surface area contributed by atoms with Gasteiger partial charge in [0.25, 0.3) is 11.7 Å². The third-order valence-corrected chi connectivity index (χ3v) is 8.36. The smallest absolute Gasteiger partial charge is 0.271 e. The van der Waals surface area contributed by atoms with Gasteiger partial charge in [-0.2, -0.15) is 0 Å². The van der Waals surface area contributed by atoms with E-state index in [2.05, 4.69) is 24.1 Å². The monoisotopic (exact) mass is 493 g/mol. The van der Waals surface area contributed by atoms with Crippen molar-refractivity contribution in [1.82, 2.24) is 10.3 Å². The number of fused-ring (bicyclic) bond motifs is 5. The van der Waals surface area contributed by atoms with Gasteiger partial charge in [0.05, 0.1) is 21.3 Å². The van der Waals surface area contributed by atoms with Crippen LogP contribution in [0, 0.1) is 6.92 Å². The summed E-state index contributed by atoms with van der Waals surface area (Å²) in [5.74, 6) is -2.83. The molecule has 0 saturated carbocycles. The Morgan fingerprint density at radius 1 is 1.29 bits per heavy atom. The van der Waals surface area contributed by atoms with E-state index >= 15 is 0 Å². The number of nitrogen functional groups attached to an aromatic ring is 1. The second-order valence-electron chi connectivity index (χ2n) is 9.22. The van der Waals surface area contributed by atoms with E-state index in [1.54, 1.807) is 31.2 Å². The lowest BCUT2D eigenvalue weighted by Crippen LogP contribution is -2.60. The molecule has 2 aliphatic rings. The first-order chi connectivity index (χ1) is 16.6. The van der Waals surface area contributed by atoms with Crippen LogP contribution in [0.15, 0.2) is 47.5 Å². The van der Waals surface area contributed by atoms with Crippen molar-refractivity contribution in [3.05, 3.63) is 76.1 Å². The van der Waals surface area contributed by atoms with Crippen LogP contribution in [0.3, 0.4) is 0 Å². The minimum atomic E-state index is -2.20. The van der Waals surface area contributed by atoms with Gasteiger partial charge < -0.3 is 25.9 Å². The van der Waals surface area contributed by atoms with Crippen LogP contribution in [0.25, 0.3) is 0 Å². The number of nitrogens with two attached hydrogens (primary N) is 1. The Balaban J connectivity index is 1.70. The van der Waals surface area contributed by atoms with Crippen LogP contribution in [0.2, 0.25) is 0 Å². The van der Waals surface area contributed by atoms with Crippen molar-refractivity contribution in [2.45, 2.75) is 49.3 Å². The Morgan fingerprint density at radius 2 is 2.03 bits per heavy atom. The molecule has 0 fully saturated rings. The predicted octanol–water partition coefficient (Wildman–Crippen LogP) is 3.22. The van der Waals surface area contributed by atoms with Crippen LogP contribution >= 0.6 is 0 Å². The average Bonchev–Trinajstić information content (AvgIpc) is 3.39. The van der Waals surface area contributed by atoms with E-state index in [0.29, 0.717) is 21.8 Å². The quantitative estimate of drug-likeness (QED) is 0.403. The molecule has 2 aromatic carbocycles. The molecule has 5 N–H and O–H groups in total. The van der Waals surface area contributed by atoms with E-state index in [0.717, 1.165) is 12.0 Å². The number of H-pyrrole nitrogens is 1. The number of anilines is 1. The maximum atomic E-state index is 14.0. The van der Waals surface area contributed by atoms with Gasteiger partial charge in [-0.1, -0.05) is 38.1 Å². The molecule has 9 heteroatoms. The van der Waals surface area contributed by atoms with Gasteiger partial charge >= 0.3 is 0 Å². The lowest BCUT2D eigenvalue weighted by Gasteiger charge is -2.34. The summed E-state index contributed by atoms with van der Waals surface area (Å²) in [6.45, 7) is 5.82. The van der Waals surface area contributed by atoms with Crippen LogP contribution in [0.1, 0.15) is 69.3 Å². The Bertz CT molecular complexity index is 1430. The molecule has 1 aliphatic carbocycles. The number of rotatable bonds is 5. The molecule has 1 aromatic heterocycles. The number of ether oxygens (including phenoxy) is 1. The second-order valence-corrected chi connectivity index (χ2v) is 10.6. The minimum absolute atomic E-state index is 0.116. The molecule has 2 heterocycles. The SMILES string of the molecule is CCC(C)c1ccc2c(c1)OC1(O)c3cccc(N)c3C(=O)C21NC(=O)c1[nH]cc(S(C)=O)c1C. The lowest BCUT2D eigenvalue weighted by atomic mass is 9.82. The molecule has 0 saturated heterocycles. The Kier molecular flexibility index (Phi) is 5.19. The van der Waals surface area contributed by atoms with E-state index in [1.165, 1.54) is 12.5 Å². The van der Waals surface area contributed by atoms with Crippen LogP contribution in [0.4, 0.5) is 5.69 Å². The largest absolute Gasteiger partial charge is 0.454 e. The number of ketones is 1. The van der Waals surface area contributed by atoms with Gasteiger partial charge in [-0.15, -0.1) is 0 Å². The van der Waals surface area contributed by atoms with Gasteiger partial charge in [0, 0.05) is 29.3 Å². The molecule has 8 nitrogen and oxygen atoms in total. The van der Waals surface area contributed by atoms with Gasteiger partial charge in [0.15, 0.2) is 0 Å². The maximum Gasteiger partial charge on any atom is 0.271 e. The van der Waals surface area contributed by atoms with Gasteiger partial charge in [0.2, 0.25) is 11.3 Å². The fourth-order valence-corrected chi connectivity index (χ4v) is 5.93. The molecule has 1 aliphatic heterocycles. The number of aliphatic hydroxyl groups is 1. The molecular weight excluding hydrogens is 466 g/mol. The molecule has 3 aromatic rings. The van der Waals surface area contributed by atoms with Crippen molar-refractivity contribution in [2.75, 3.05) is 12.0 Å². The zero-order valence-corrected chi connectivity index (χ0v) is 20.7. The average molecular weight is 494 g/mol. The van der Waals surface area contributed by atoms with Crippen LogP contribution < -0.4 is 15.8 Å². The first kappa shape index (κ1) is 23.3. The van der Waals surface area contributed by atoms with Gasteiger partial charge in [-0.25, -0.2) is 0 Å². The van der Waals surface area contributed by atoms with Crippen LogP contribution in [-0.4, -0.2) is 32.2 Å². The number of aromatic amines is 1. The minimum Gasteiger partial charge on any atom is -0.454 e. The molecule has 0 radical (unpaired) electrons. The van der Waals surface area contributed by atoms with E-state index in [9.17, 15) is 18.9 Å². The molecule has 1 amide bonds. The fraction of sp³-hybridized carbons (Fsp3) is 0.308. The third kappa shape index (κ3) is 2.98. The summed E-state index contributed by atoms with van der Waals surface area (Å²) in [6, 6.07) is 10.2. The summed E-state index contributed by atoms with van der Waals surface area (Å²) >= 11 is 0. The van der Waals surface area contributed by atoms with Crippen molar-refractivity contribution in [3.8, 4) is 5.75 Å². The number of amides is 1. The number of carbonyl (C=O) groups excluding carboxylic acids is 2. The Hall–Kier alpha value is -3.43. The standard InChI is InChI=1S/C26H27N3O5S/c1-5-13(2)15-9-10-16-19(11-15)34-26(32)17-7-6-8-18(27)21(17)23(30)25(16,26)29-24(31)22-14(3)20(12-28-22)35(4)33/h6-13,28,32H,5,27H2,1-4H3,(H,29,31). The molecule has 4 atom stereocenters. The number of hydrogen-bond acceptors (Lipinski definition) is 6. The number of aromatic nitrogens is 1. The van der Waals surface area contributed by atoms with E-state index in [-0.39, 0.29) is 28.4 Å². The summed E-state index contributed by atoms with van der Waals surface area (Å²) in [6.07, 6.45) is 3.92. The van der Waals surface area contributed by atoms with Crippen molar-refractivity contribution < 1.29 is 23.6 Å². The van der Waals surface area contributed by atoms with Gasteiger partial charge in [-0.3, -0.25) is 13.8 Å². The molecule has 182 valence electrons. The number of Topliss-reactive ketones (excluding diaryl/α,β-unsaturated/α-hetero) is 1. The zero-order chi connectivity index (χ0) is 25.3. The van der Waals surface area contributed by atoms with E-state index in [1.807, 2.05) is 12.1 Å².